The largest absolute Gasteiger partial charge is 0.550 e. The molecule has 86 valence electrons. The molecule has 0 aromatic heterocycles. The fourth-order valence-corrected chi connectivity index (χ4v) is 1.07. The van der Waals surface area contributed by atoms with Crippen LogP contribution >= 0.6 is 0 Å². The van der Waals surface area contributed by atoms with Gasteiger partial charge in [-0.15, -0.1) is 0 Å². The van der Waals surface area contributed by atoms with Gasteiger partial charge in [-0.1, -0.05) is 6.07 Å². The molecular weight excluding hydrogens is 212 g/mol. The summed E-state index contributed by atoms with van der Waals surface area (Å²) in [6.07, 6.45) is -0.635. The van der Waals surface area contributed by atoms with E-state index in [1.807, 2.05) is 0 Å². The summed E-state index contributed by atoms with van der Waals surface area (Å²) in [7, 11) is 1.51. The van der Waals surface area contributed by atoms with E-state index in [1.54, 1.807) is 24.3 Å². The second-order valence-corrected chi connectivity index (χ2v) is 3.06. The molecule has 0 fully saturated rings. The standard InChI is InChI=1S/C11H12O5/c1-15-9-3-2-4-10(6-9)16-7-8(12)5-11(13)14/h2-4,6H,5,7H2,1H3,(H,13,14)/p-1. The number of aliphatic carboxylic acids is 1. The average molecular weight is 223 g/mol. The lowest BCUT2D eigenvalue weighted by Gasteiger charge is -2.07. The third-order valence-electron chi connectivity index (χ3n) is 1.78. The van der Waals surface area contributed by atoms with Crippen LogP contribution in [-0.4, -0.2) is 25.5 Å². The van der Waals surface area contributed by atoms with Crippen molar-refractivity contribution in [1.82, 2.24) is 0 Å². The van der Waals surface area contributed by atoms with Crippen molar-refractivity contribution >= 4 is 11.8 Å². The van der Waals surface area contributed by atoms with E-state index in [1.165, 1.54) is 7.11 Å². The molecule has 0 unspecified atom stereocenters. The van der Waals surface area contributed by atoms with Crippen LogP contribution < -0.4 is 14.6 Å². The Labute approximate surface area is 92.6 Å². The minimum Gasteiger partial charge on any atom is -0.550 e. The van der Waals surface area contributed by atoms with Crippen LogP contribution in [0.4, 0.5) is 0 Å². The van der Waals surface area contributed by atoms with Gasteiger partial charge in [0.2, 0.25) is 0 Å². The minimum atomic E-state index is -1.40. The number of hydrogen-bond donors (Lipinski definition) is 0. The molecule has 5 heteroatoms. The predicted octanol–water partition coefficient (Wildman–Crippen LogP) is -0.217. The third kappa shape index (κ3) is 4.00. The number of ketones is 1. The maximum absolute atomic E-state index is 11.0. The fourth-order valence-electron chi connectivity index (χ4n) is 1.07. The van der Waals surface area contributed by atoms with Gasteiger partial charge in [-0.2, -0.15) is 0 Å². The van der Waals surface area contributed by atoms with Gasteiger partial charge in [0.05, 0.1) is 7.11 Å². The molecule has 0 aliphatic carbocycles. The molecule has 0 saturated heterocycles. The van der Waals surface area contributed by atoms with E-state index < -0.39 is 18.2 Å². The molecule has 0 amide bonds. The summed E-state index contributed by atoms with van der Waals surface area (Å²) in [5.74, 6) is -0.891. The summed E-state index contributed by atoms with van der Waals surface area (Å²) in [5, 5.41) is 10.1. The molecule has 0 saturated carbocycles. The normalized spacial score (nSPS) is 9.56. The molecule has 0 spiro atoms. The molecule has 0 N–H and O–H groups in total. The van der Waals surface area contributed by atoms with Crippen molar-refractivity contribution in [3.8, 4) is 11.5 Å². The van der Waals surface area contributed by atoms with Crippen LogP contribution in [0.25, 0.3) is 0 Å². The molecule has 0 heterocycles. The first kappa shape index (κ1) is 12.0. The van der Waals surface area contributed by atoms with E-state index in [2.05, 4.69) is 0 Å². The molecule has 5 nitrogen and oxygen atoms in total. The molecule has 1 aromatic carbocycles. The van der Waals surface area contributed by atoms with Crippen LogP contribution in [0, 0.1) is 0 Å². The van der Waals surface area contributed by atoms with Crippen LogP contribution in [0.15, 0.2) is 24.3 Å². The first-order valence-electron chi connectivity index (χ1n) is 4.60. The van der Waals surface area contributed by atoms with Gasteiger partial charge in [0.1, 0.15) is 18.1 Å². The Bertz CT molecular complexity index is 386. The highest BCUT2D eigenvalue weighted by atomic mass is 16.5. The van der Waals surface area contributed by atoms with Gasteiger partial charge in [-0.25, -0.2) is 0 Å². The van der Waals surface area contributed by atoms with Crippen LogP contribution in [0.1, 0.15) is 6.42 Å². The highest BCUT2D eigenvalue weighted by Gasteiger charge is 2.04. The van der Waals surface area contributed by atoms with Crippen molar-refractivity contribution in [3.63, 3.8) is 0 Å². The Balaban J connectivity index is 2.47. The SMILES string of the molecule is COc1cccc(OCC(=O)CC(=O)[O-])c1. The maximum atomic E-state index is 11.0. The quantitative estimate of drug-likeness (QED) is 0.623. The van der Waals surface area contributed by atoms with E-state index in [0.717, 1.165) is 0 Å². The number of carboxylic acid groups (broad SMARTS) is 1. The number of ether oxygens (including phenoxy) is 2. The maximum Gasteiger partial charge on any atom is 0.175 e. The Kier molecular flexibility index (Phi) is 4.32. The third-order valence-corrected chi connectivity index (χ3v) is 1.78. The van der Waals surface area contributed by atoms with E-state index in [4.69, 9.17) is 9.47 Å². The fraction of sp³-hybridized carbons (Fsp3) is 0.273. The highest BCUT2D eigenvalue weighted by molar-refractivity contribution is 5.94. The molecule has 16 heavy (non-hydrogen) atoms. The van der Waals surface area contributed by atoms with Gasteiger partial charge >= 0.3 is 0 Å². The lowest BCUT2D eigenvalue weighted by atomic mass is 10.3. The molecular formula is C11H11O5-. The summed E-state index contributed by atoms with van der Waals surface area (Å²) >= 11 is 0. The summed E-state index contributed by atoms with van der Waals surface area (Å²) in [5.41, 5.74) is 0. The summed E-state index contributed by atoms with van der Waals surface area (Å²) < 4.78 is 10.0. The Hall–Kier alpha value is -2.04. The Morgan fingerprint density at radius 3 is 2.62 bits per heavy atom. The molecule has 0 radical (unpaired) electrons. The van der Waals surface area contributed by atoms with Gasteiger partial charge in [0.25, 0.3) is 0 Å². The molecule has 0 aliphatic rings. The monoisotopic (exact) mass is 223 g/mol. The zero-order chi connectivity index (χ0) is 12.0. The summed E-state index contributed by atoms with van der Waals surface area (Å²) in [4.78, 5) is 21.1. The number of carboxylic acids is 1. The van der Waals surface area contributed by atoms with Gasteiger partial charge in [-0.05, 0) is 12.1 Å². The number of hydrogen-bond acceptors (Lipinski definition) is 5. The predicted molar refractivity (Wildman–Crippen MR) is 53.1 cm³/mol. The summed E-state index contributed by atoms with van der Waals surface area (Å²) in [6.45, 7) is -0.291. The number of rotatable bonds is 6. The zero-order valence-corrected chi connectivity index (χ0v) is 8.76. The Morgan fingerprint density at radius 1 is 1.31 bits per heavy atom. The molecule has 0 atom stereocenters. The first-order valence-corrected chi connectivity index (χ1v) is 4.60. The van der Waals surface area contributed by atoms with Crippen molar-refractivity contribution in [2.24, 2.45) is 0 Å². The minimum absolute atomic E-state index is 0.291. The van der Waals surface area contributed by atoms with Crippen LogP contribution in [0.3, 0.4) is 0 Å². The number of methoxy groups -OCH3 is 1. The van der Waals surface area contributed by atoms with Crippen molar-refractivity contribution in [1.29, 1.82) is 0 Å². The second-order valence-electron chi connectivity index (χ2n) is 3.06. The Morgan fingerprint density at radius 2 is 2.00 bits per heavy atom. The van der Waals surface area contributed by atoms with Crippen molar-refractivity contribution in [3.05, 3.63) is 24.3 Å². The number of Topliss-reactive ketones (excluding diaryl/α,β-unsaturated/α-hetero) is 1. The van der Waals surface area contributed by atoms with Gasteiger partial charge in [-0.3, -0.25) is 4.79 Å². The lowest BCUT2D eigenvalue weighted by Crippen LogP contribution is -2.27. The van der Waals surface area contributed by atoms with Crippen molar-refractivity contribution < 1.29 is 24.2 Å². The number of carbonyl (C=O) groups is 2. The second kappa shape index (κ2) is 5.75. The van der Waals surface area contributed by atoms with Crippen LogP contribution in [0.2, 0.25) is 0 Å². The molecule has 1 rings (SSSR count). The molecule has 1 aromatic rings. The average Bonchev–Trinajstić information content (AvgIpc) is 2.26. The van der Waals surface area contributed by atoms with Gasteiger partial charge in [0, 0.05) is 18.5 Å². The van der Waals surface area contributed by atoms with E-state index >= 15 is 0 Å². The van der Waals surface area contributed by atoms with Gasteiger partial charge < -0.3 is 19.4 Å². The van der Waals surface area contributed by atoms with E-state index in [-0.39, 0.29) is 6.61 Å². The smallest absolute Gasteiger partial charge is 0.175 e. The number of benzene rings is 1. The van der Waals surface area contributed by atoms with E-state index in [0.29, 0.717) is 11.5 Å². The number of carbonyl (C=O) groups excluding carboxylic acids is 2. The van der Waals surface area contributed by atoms with E-state index in [9.17, 15) is 14.7 Å². The molecule has 0 aliphatic heterocycles. The lowest BCUT2D eigenvalue weighted by molar-refractivity contribution is -0.304. The highest BCUT2D eigenvalue weighted by Crippen LogP contribution is 2.18. The van der Waals surface area contributed by atoms with Gasteiger partial charge in [0.15, 0.2) is 5.78 Å². The topological polar surface area (TPSA) is 75.7 Å². The zero-order valence-electron chi connectivity index (χ0n) is 8.76. The van der Waals surface area contributed by atoms with Crippen LogP contribution in [-0.2, 0) is 9.59 Å². The molecule has 0 bridgehead atoms. The van der Waals surface area contributed by atoms with Crippen molar-refractivity contribution in [2.75, 3.05) is 13.7 Å². The summed E-state index contributed by atoms with van der Waals surface area (Å²) in [6, 6.07) is 6.69. The van der Waals surface area contributed by atoms with Crippen LogP contribution in [0.5, 0.6) is 11.5 Å². The first-order chi connectivity index (χ1) is 7.61. The van der Waals surface area contributed by atoms with Crippen molar-refractivity contribution in [2.45, 2.75) is 6.42 Å².